The highest BCUT2D eigenvalue weighted by Crippen LogP contribution is 2.49. The summed E-state index contributed by atoms with van der Waals surface area (Å²) >= 11 is 1.69. The van der Waals surface area contributed by atoms with Gasteiger partial charge in [-0.25, -0.2) is 9.59 Å². The molecule has 3 rings (SSSR count). The van der Waals surface area contributed by atoms with Crippen molar-refractivity contribution in [2.24, 2.45) is 5.92 Å². The van der Waals surface area contributed by atoms with Crippen molar-refractivity contribution in [1.29, 1.82) is 0 Å². The van der Waals surface area contributed by atoms with E-state index in [1.807, 2.05) is 61.5 Å². The van der Waals surface area contributed by atoms with Crippen molar-refractivity contribution in [3.63, 3.8) is 0 Å². The average Bonchev–Trinajstić information content (AvgIpc) is 2.86. The summed E-state index contributed by atoms with van der Waals surface area (Å²) in [5, 5.41) is 12.6. The number of thioether (sulfide) groups is 1. The summed E-state index contributed by atoms with van der Waals surface area (Å²) < 4.78 is 4.78. The predicted molar refractivity (Wildman–Crippen MR) is 146 cm³/mol. The van der Waals surface area contributed by atoms with E-state index in [0.29, 0.717) is 12.2 Å². The number of carbonyl (C=O) groups is 2. The van der Waals surface area contributed by atoms with E-state index in [-0.39, 0.29) is 5.92 Å². The quantitative estimate of drug-likeness (QED) is 0.299. The molecule has 3 aromatic carbocycles. The van der Waals surface area contributed by atoms with E-state index >= 15 is 0 Å². The monoisotopic (exact) mass is 505 g/mol. The summed E-state index contributed by atoms with van der Waals surface area (Å²) in [6, 6.07) is 29.7. The lowest BCUT2D eigenvalue weighted by atomic mass is 9.84. The highest BCUT2D eigenvalue weighted by Gasteiger charge is 2.39. The van der Waals surface area contributed by atoms with Crippen molar-refractivity contribution in [1.82, 2.24) is 5.32 Å². The Hall–Kier alpha value is -3.25. The molecule has 2 N–H and O–H groups in total. The van der Waals surface area contributed by atoms with Crippen molar-refractivity contribution < 1.29 is 19.4 Å². The van der Waals surface area contributed by atoms with Gasteiger partial charge >= 0.3 is 12.1 Å². The lowest BCUT2D eigenvalue weighted by Crippen LogP contribution is -2.48. The van der Waals surface area contributed by atoms with Gasteiger partial charge < -0.3 is 15.2 Å². The summed E-state index contributed by atoms with van der Waals surface area (Å²) in [7, 11) is 0. The Bertz CT molecular complexity index is 1020. The first-order valence-electron chi connectivity index (χ1n) is 12.2. The van der Waals surface area contributed by atoms with Gasteiger partial charge in [0.2, 0.25) is 0 Å². The van der Waals surface area contributed by atoms with Crippen LogP contribution in [0.5, 0.6) is 0 Å². The van der Waals surface area contributed by atoms with Crippen LogP contribution in [0, 0.1) is 5.92 Å². The van der Waals surface area contributed by atoms with Crippen LogP contribution in [0.15, 0.2) is 91.0 Å². The zero-order chi connectivity index (χ0) is 26.2. The first-order valence-corrected chi connectivity index (χ1v) is 13.2. The zero-order valence-corrected chi connectivity index (χ0v) is 22.1. The van der Waals surface area contributed by atoms with Crippen molar-refractivity contribution in [3.05, 3.63) is 108 Å². The maximum Gasteiger partial charge on any atom is 0.408 e. The molecular formula is C30H35NO4S. The van der Waals surface area contributed by atoms with Crippen LogP contribution in [0.4, 0.5) is 4.79 Å². The van der Waals surface area contributed by atoms with Gasteiger partial charge in [0.25, 0.3) is 0 Å². The van der Waals surface area contributed by atoms with Gasteiger partial charge in [-0.05, 0) is 49.8 Å². The number of carboxylic acids is 1. The molecule has 5 nitrogen and oxygen atoms in total. The van der Waals surface area contributed by atoms with Crippen LogP contribution < -0.4 is 5.32 Å². The van der Waals surface area contributed by atoms with Crippen molar-refractivity contribution >= 4 is 23.8 Å². The number of nitrogens with one attached hydrogen (secondary N) is 1. The van der Waals surface area contributed by atoms with Crippen LogP contribution in [-0.2, 0) is 14.3 Å². The molecule has 0 fully saturated rings. The Kier molecular flexibility index (Phi) is 9.21. The molecule has 2 atom stereocenters. The van der Waals surface area contributed by atoms with Gasteiger partial charge in [0, 0.05) is 5.75 Å². The van der Waals surface area contributed by atoms with E-state index in [9.17, 15) is 14.7 Å². The van der Waals surface area contributed by atoms with Crippen LogP contribution in [0.25, 0.3) is 0 Å². The lowest BCUT2D eigenvalue weighted by molar-refractivity contribution is -0.140. The van der Waals surface area contributed by atoms with Crippen LogP contribution in [0.3, 0.4) is 0 Å². The molecule has 0 unspecified atom stereocenters. The van der Waals surface area contributed by atoms with Gasteiger partial charge in [0.1, 0.15) is 11.6 Å². The summed E-state index contributed by atoms with van der Waals surface area (Å²) in [5.74, 6) is -0.893. The van der Waals surface area contributed by atoms with Crippen molar-refractivity contribution in [2.75, 3.05) is 5.75 Å². The van der Waals surface area contributed by atoms with Gasteiger partial charge in [0.15, 0.2) is 0 Å². The van der Waals surface area contributed by atoms with Gasteiger partial charge in [-0.1, -0.05) is 97.9 Å². The van der Waals surface area contributed by atoms with Gasteiger partial charge in [-0.2, -0.15) is 0 Å². The highest BCUT2D eigenvalue weighted by atomic mass is 32.2. The van der Waals surface area contributed by atoms with Crippen molar-refractivity contribution in [2.45, 2.75) is 50.5 Å². The van der Waals surface area contributed by atoms with Gasteiger partial charge in [-0.15, -0.1) is 11.8 Å². The molecule has 0 aromatic heterocycles. The normalized spacial score (nSPS) is 13.4. The Labute approximate surface area is 218 Å². The minimum Gasteiger partial charge on any atom is -0.480 e. The minimum atomic E-state index is -1.07. The molecule has 0 spiro atoms. The van der Waals surface area contributed by atoms with Crippen LogP contribution in [0.1, 0.15) is 50.8 Å². The Morgan fingerprint density at radius 1 is 0.833 bits per heavy atom. The lowest BCUT2D eigenvalue weighted by Gasteiger charge is -2.37. The van der Waals surface area contributed by atoms with E-state index in [1.54, 1.807) is 32.5 Å². The first-order chi connectivity index (χ1) is 17.2. The zero-order valence-electron chi connectivity index (χ0n) is 21.3. The number of hydrogen-bond donors (Lipinski definition) is 2. The second-order valence-electron chi connectivity index (χ2n) is 9.72. The highest BCUT2D eigenvalue weighted by molar-refractivity contribution is 8.00. The van der Waals surface area contributed by atoms with Crippen LogP contribution in [0.2, 0.25) is 0 Å². The summed E-state index contributed by atoms with van der Waals surface area (Å²) in [5.41, 5.74) is 2.60. The number of carbonyl (C=O) groups excluding carboxylic acids is 1. The molecule has 0 bridgehead atoms. The number of ether oxygens (including phenoxy) is 1. The molecule has 3 aromatic rings. The SMILES string of the molecule is CC[C@H](CSC(c1ccccc1)(c1ccccc1)c1ccccc1)[C@H](NC(=O)OC(C)(C)C)C(=O)O. The third-order valence-electron chi connectivity index (χ3n) is 5.99. The number of aliphatic carboxylic acids is 1. The fourth-order valence-corrected chi connectivity index (χ4v) is 6.07. The second-order valence-corrected chi connectivity index (χ2v) is 11.0. The largest absolute Gasteiger partial charge is 0.480 e. The standard InChI is InChI=1S/C30H35NO4S/c1-5-22(26(27(32)33)31-28(34)35-29(2,3)4)21-36-30(23-15-9-6-10-16-23,24-17-11-7-12-18-24)25-19-13-8-14-20-25/h6-20,22,26H,5,21H2,1-4H3,(H,31,34)(H,32,33)/t22-,26+/m1/s1. The molecule has 0 radical (unpaired) electrons. The molecule has 0 aliphatic heterocycles. The molecular weight excluding hydrogens is 470 g/mol. The van der Waals surface area contributed by atoms with Gasteiger partial charge in [-0.3, -0.25) is 0 Å². The fraction of sp³-hybridized carbons (Fsp3) is 0.333. The van der Waals surface area contributed by atoms with Crippen molar-refractivity contribution in [3.8, 4) is 0 Å². The minimum absolute atomic E-state index is 0.324. The Morgan fingerprint density at radius 2 is 1.25 bits per heavy atom. The number of alkyl carbamates (subject to hydrolysis) is 1. The third kappa shape index (κ3) is 6.70. The molecule has 0 aliphatic carbocycles. The topological polar surface area (TPSA) is 75.6 Å². The van der Waals surface area contributed by atoms with E-state index in [2.05, 4.69) is 41.7 Å². The number of benzene rings is 3. The van der Waals surface area contributed by atoms with E-state index in [0.717, 1.165) is 16.7 Å². The molecule has 1 amide bonds. The molecule has 36 heavy (non-hydrogen) atoms. The number of carboxylic acid groups (broad SMARTS) is 1. The second kappa shape index (κ2) is 12.1. The molecule has 0 aliphatic rings. The molecule has 0 heterocycles. The van der Waals surface area contributed by atoms with E-state index in [1.165, 1.54) is 0 Å². The molecule has 190 valence electrons. The van der Waals surface area contributed by atoms with Crippen LogP contribution in [-0.4, -0.2) is 34.6 Å². The maximum atomic E-state index is 12.5. The van der Waals surface area contributed by atoms with E-state index < -0.39 is 28.5 Å². The number of hydrogen-bond acceptors (Lipinski definition) is 4. The van der Waals surface area contributed by atoms with Gasteiger partial charge in [0.05, 0.1) is 4.75 Å². The summed E-state index contributed by atoms with van der Waals surface area (Å²) in [4.78, 5) is 24.7. The number of amides is 1. The Morgan fingerprint density at radius 3 is 1.58 bits per heavy atom. The molecule has 0 saturated carbocycles. The Balaban J connectivity index is 2.02. The first kappa shape index (κ1) is 27.3. The average molecular weight is 506 g/mol. The number of rotatable bonds is 10. The summed E-state index contributed by atoms with van der Waals surface area (Å²) in [6.07, 6.45) is -0.146. The molecule has 6 heteroatoms. The predicted octanol–water partition coefficient (Wildman–Crippen LogP) is 6.72. The summed E-state index contributed by atoms with van der Waals surface area (Å²) in [6.45, 7) is 7.21. The van der Waals surface area contributed by atoms with Crippen LogP contribution >= 0.6 is 11.8 Å². The van der Waals surface area contributed by atoms with E-state index in [4.69, 9.17) is 4.74 Å². The maximum absolute atomic E-state index is 12.5. The fourth-order valence-electron chi connectivity index (χ4n) is 4.27. The smallest absolute Gasteiger partial charge is 0.408 e. The molecule has 0 saturated heterocycles. The third-order valence-corrected chi connectivity index (χ3v) is 7.72.